The van der Waals surface area contributed by atoms with Crippen molar-refractivity contribution < 1.29 is 13.2 Å². The smallest absolute Gasteiger partial charge is 0.216 e. The average Bonchev–Trinajstić information content (AvgIpc) is 3.24. The van der Waals surface area contributed by atoms with Gasteiger partial charge in [0.2, 0.25) is 10.0 Å². The number of hydrogen-bond acceptors (Lipinski definition) is 6. The maximum atomic E-state index is 12.7. The Hall–Kier alpha value is -2.00. The van der Waals surface area contributed by atoms with Gasteiger partial charge in [0.1, 0.15) is 12.1 Å². The van der Waals surface area contributed by atoms with Gasteiger partial charge in [-0.15, -0.1) is 5.10 Å². The second-order valence-electron chi connectivity index (χ2n) is 5.43. The van der Waals surface area contributed by atoms with Crippen molar-refractivity contribution >= 4 is 10.0 Å². The van der Waals surface area contributed by atoms with Crippen molar-refractivity contribution in [2.24, 2.45) is 0 Å². The molecule has 1 fully saturated rings. The van der Waals surface area contributed by atoms with E-state index in [-0.39, 0.29) is 18.3 Å². The summed E-state index contributed by atoms with van der Waals surface area (Å²) in [5, 5.41) is 10.7. The van der Waals surface area contributed by atoms with Crippen LogP contribution in [0.1, 0.15) is 24.4 Å². The van der Waals surface area contributed by atoms with Gasteiger partial charge < -0.3 is 4.74 Å². The lowest BCUT2D eigenvalue weighted by Crippen LogP contribution is -2.34. The number of methoxy groups -OCH3 is 1. The molecule has 1 aliphatic heterocycles. The second kappa shape index (κ2) is 6.63. The summed E-state index contributed by atoms with van der Waals surface area (Å²) >= 11 is 0. The molecule has 1 saturated heterocycles. The topological polar surface area (TPSA) is 90.2 Å². The van der Waals surface area contributed by atoms with Crippen molar-refractivity contribution in [1.29, 1.82) is 0 Å². The molecular weight excluding hydrogens is 318 g/mol. The normalized spacial score (nSPS) is 19.1. The van der Waals surface area contributed by atoms with E-state index in [1.807, 2.05) is 24.3 Å². The highest BCUT2D eigenvalue weighted by Crippen LogP contribution is 2.35. The van der Waals surface area contributed by atoms with Crippen LogP contribution in [-0.4, -0.2) is 52.3 Å². The standard InChI is InChI=1S/C14H19N5O3S/c1-22-13-5-2-4-12(10-13)14-6-3-7-19(14)23(20,21)9-8-18-11-15-16-17-18/h2,4-5,10-11,14H,3,6-9H2,1H3. The Kier molecular flexibility index (Phi) is 4.58. The number of benzene rings is 1. The molecular formula is C14H19N5O3S. The van der Waals surface area contributed by atoms with Gasteiger partial charge in [-0.05, 0) is 41.0 Å². The molecule has 1 aromatic carbocycles. The van der Waals surface area contributed by atoms with Crippen molar-refractivity contribution in [1.82, 2.24) is 24.5 Å². The van der Waals surface area contributed by atoms with Gasteiger partial charge in [-0.3, -0.25) is 0 Å². The number of nitrogens with zero attached hydrogens (tertiary/aromatic N) is 5. The van der Waals surface area contributed by atoms with Crippen molar-refractivity contribution in [3.63, 3.8) is 0 Å². The van der Waals surface area contributed by atoms with Gasteiger partial charge in [0.05, 0.1) is 19.4 Å². The molecule has 0 saturated carbocycles. The minimum atomic E-state index is -3.38. The second-order valence-corrected chi connectivity index (χ2v) is 7.48. The van der Waals surface area contributed by atoms with Gasteiger partial charge in [0.25, 0.3) is 0 Å². The van der Waals surface area contributed by atoms with Gasteiger partial charge >= 0.3 is 0 Å². The number of rotatable bonds is 6. The summed E-state index contributed by atoms with van der Waals surface area (Å²) in [6.07, 6.45) is 3.09. The summed E-state index contributed by atoms with van der Waals surface area (Å²) in [5.74, 6) is 0.721. The van der Waals surface area contributed by atoms with Crippen molar-refractivity contribution in [2.75, 3.05) is 19.4 Å². The Morgan fingerprint density at radius 1 is 1.39 bits per heavy atom. The predicted octanol–water partition coefficient (Wildman–Crippen LogP) is 0.849. The predicted molar refractivity (Wildman–Crippen MR) is 83.3 cm³/mol. The van der Waals surface area contributed by atoms with Crippen molar-refractivity contribution in [3.05, 3.63) is 36.2 Å². The summed E-state index contributed by atoms with van der Waals surface area (Å²) in [7, 11) is -1.77. The first kappa shape index (κ1) is 15.9. The van der Waals surface area contributed by atoms with Crippen LogP contribution in [0.15, 0.2) is 30.6 Å². The number of hydrogen-bond donors (Lipinski definition) is 0. The highest BCUT2D eigenvalue weighted by atomic mass is 32.2. The largest absolute Gasteiger partial charge is 0.497 e. The van der Waals surface area contributed by atoms with E-state index in [0.29, 0.717) is 6.54 Å². The summed E-state index contributed by atoms with van der Waals surface area (Å²) in [6, 6.07) is 7.46. The molecule has 8 nitrogen and oxygen atoms in total. The van der Waals surface area contributed by atoms with E-state index < -0.39 is 10.0 Å². The zero-order valence-corrected chi connectivity index (χ0v) is 13.7. The first-order valence-electron chi connectivity index (χ1n) is 7.44. The molecule has 1 atom stereocenters. The van der Waals surface area contributed by atoms with E-state index in [0.717, 1.165) is 24.2 Å². The molecule has 23 heavy (non-hydrogen) atoms. The minimum absolute atomic E-state index is 0.0154. The third-order valence-electron chi connectivity index (χ3n) is 4.01. The highest BCUT2D eigenvalue weighted by molar-refractivity contribution is 7.89. The molecule has 1 aromatic heterocycles. The van der Waals surface area contributed by atoms with Crippen LogP contribution in [0.5, 0.6) is 5.75 Å². The van der Waals surface area contributed by atoms with Gasteiger partial charge in [-0.1, -0.05) is 12.1 Å². The van der Waals surface area contributed by atoms with Gasteiger partial charge in [0.15, 0.2) is 0 Å². The van der Waals surface area contributed by atoms with Gasteiger partial charge in [0, 0.05) is 12.6 Å². The summed E-state index contributed by atoms with van der Waals surface area (Å²) < 4.78 is 33.6. The molecule has 1 aliphatic rings. The Labute approximate surface area is 135 Å². The molecule has 2 heterocycles. The highest BCUT2D eigenvalue weighted by Gasteiger charge is 2.35. The van der Waals surface area contributed by atoms with Crippen LogP contribution in [0.4, 0.5) is 0 Å². The molecule has 0 radical (unpaired) electrons. The molecule has 124 valence electrons. The third-order valence-corrected chi connectivity index (χ3v) is 5.86. The SMILES string of the molecule is COc1cccc(C2CCCN2S(=O)(=O)CCn2cnnn2)c1. The first-order chi connectivity index (χ1) is 11.1. The maximum Gasteiger partial charge on any atom is 0.216 e. The fourth-order valence-electron chi connectivity index (χ4n) is 2.86. The molecule has 0 aliphatic carbocycles. The summed E-state index contributed by atoms with van der Waals surface area (Å²) in [6.45, 7) is 0.788. The Balaban J connectivity index is 1.77. The van der Waals surface area contributed by atoms with Crippen LogP contribution < -0.4 is 4.74 Å². The van der Waals surface area contributed by atoms with E-state index in [9.17, 15) is 8.42 Å². The molecule has 0 bridgehead atoms. The lowest BCUT2D eigenvalue weighted by molar-refractivity contribution is 0.388. The molecule has 1 unspecified atom stereocenters. The van der Waals surface area contributed by atoms with Crippen molar-refractivity contribution in [2.45, 2.75) is 25.4 Å². The van der Waals surface area contributed by atoms with Crippen LogP contribution in [0.3, 0.4) is 0 Å². The number of sulfonamides is 1. The Morgan fingerprint density at radius 3 is 3.00 bits per heavy atom. The lowest BCUT2D eigenvalue weighted by Gasteiger charge is -2.24. The van der Waals surface area contributed by atoms with Crippen LogP contribution in [0.2, 0.25) is 0 Å². The lowest BCUT2D eigenvalue weighted by atomic mass is 10.1. The molecule has 0 spiro atoms. The first-order valence-corrected chi connectivity index (χ1v) is 9.05. The molecule has 3 rings (SSSR count). The molecule has 0 amide bonds. The number of tetrazole rings is 1. The number of aryl methyl sites for hydroxylation is 1. The van der Waals surface area contributed by atoms with E-state index in [1.165, 1.54) is 11.0 Å². The molecule has 0 N–H and O–H groups in total. The number of ether oxygens (including phenoxy) is 1. The average molecular weight is 337 g/mol. The fraction of sp³-hybridized carbons (Fsp3) is 0.500. The molecule has 2 aromatic rings. The Bertz CT molecular complexity index is 748. The van der Waals surface area contributed by atoms with Crippen LogP contribution in [-0.2, 0) is 16.6 Å². The van der Waals surface area contributed by atoms with Gasteiger partial charge in [-0.2, -0.15) is 4.31 Å². The Morgan fingerprint density at radius 2 is 2.26 bits per heavy atom. The minimum Gasteiger partial charge on any atom is -0.497 e. The summed E-state index contributed by atoms with van der Waals surface area (Å²) in [4.78, 5) is 0. The third kappa shape index (κ3) is 3.50. The van der Waals surface area contributed by atoms with E-state index >= 15 is 0 Å². The van der Waals surface area contributed by atoms with Gasteiger partial charge in [-0.25, -0.2) is 13.1 Å². The summed E-state index contributed by atoms with van der Waals surface area (Å²) in [5.41, 5.74) is 0.966. The van der Waals surface area contributed by atoms with E-state index in [2.05, 4.69) is 15.5 Å². The van der Waals surface area contributed by atoms with Crippen LogP contribution >= 0.6 is 0 Å². The fourth-order valence-corrected chi connectivity index (χ4v) is 4.54. The van der Waals surface area contributed by atoms with E-state index in [4.69, 9.17) is 4.74 Å². The van der Waals surface area contributed by atoms with Crippen LogP contribution in [0, 0.1) is 0 Å². The van der Waals surface area contributed by atoms with Crippen molar-refractivity contribution in [3.8, 4) is 5.75 Å². The monoisotopic (exact) mass is 337 g/mol. The maximum absolute atomic E-state index is 12.7. The molecule has 9 heteroatoms. The van der Waals surface area contributed by atoms with Crippen LogP contribution in [0.25, 0.3) is 0 Å². The number of aromatic nitrogens is 4. The zero-order valence-electron chi connectivity index (χ0n) is 12.9. The van der Waals surface area contributed by atoms with E-state index in [1.54, 1.807) is 11.4 Å². The zero-order chi connectivity index (χ0) is 16.3. The quantitative estimate of drug-likeness (QED) is 0.776.